The summed E-state index contributed by atoms with van der Waals surface area (Å²) in [6.07, 6.45) is 4.71. The minimum Gasteiger partial charge on any atom is -0.507 e. The molecule has 17 nitrogen and oxygen atoms in total. The molecule has 0 bridgehead atoms. The number of anilines is 1. The lowest BCUT2D eigenvalue weighted by atomic mass is 9.79. The molecule has 1 unspecified atom stereocenters. The van der Waals surface area contributed by atoms with Gasteiger partial charge in [-0.2, -0.15) is 0 Å². The molecule has 372 valence electrons. The summed E-state index contributed by atoms with van der Waals surface area (Å²) < 4.78 is 27.1. The van der Waals surface area contributed by atoms with E-state index in [1.807, 2.05) is 36.4 Å². The summed E-state index contributed by atoms with van der Waals surface area (Å²) in [5.74, 6) is -7.60. The first kappa shape index (κ1) is 59.1. The van der Waals surface area contributed by atoms with Crippen molar-refractivity contribution >= 4 is 41.5 Å². The van der Waals surface area contributed by atoms with Crippen LogP contribution in [0, 0.1) is 11.6 Å². The van der Waals surface area contributed by atoms with E-state index < -0.39 is 41.9 Å². The molecule has 1 atom stereocenters. The Morgan fingerprint density at radius 1 is 0.588 bits per heavy atom. The van der Waals surface area contributed by atoms with Crippen LogP contribution in [0.15, 0.2) is 97.1 Å². The summed E-state index contributed by atoms with van der Waals surface area (Å²) in [4.78, 5) is 62.1. The number of β-amino-alcohol motifs (C(OH)–C–C–N with tert-alkyl or cyclic N) is 1. The molecule has 1 aliphatic rings. The van der Waals surface area contributed by atoms with Gasteiger partial charge in [-0.25, -0.2) is 37.5 Å². The Morgan fingerprint density at radius 3 is 1.22 bits per heavy atom. The smallest absolute Gasteiger partial charge is 0.328 e. The molecule has 1 heterocycles. The summed E-state index contributed by atoms with van der Waals surface area (Å²) in [6.45, 7) is 18.3. The van der Waals surface area contributed by atoms with Crippen molar-refractivity contribution in [3.05, 3.63) is 131 Å². The number of nitrogens with zero attached hydrogens (tertiary/aromatic N) is 2. The van der Waals surface area contributed by atoms with E-state index in [1.165, 1.54) is 24.3 Å². The van der Waals surface area contributed by atoms with Crippen LogP contribution >= 0.6 is 0 Å². The molecule has 0 aliphatic carbocycles. The van der Waals surface area contributed by atoms with Crippen LogP contribution in [-0.2, 0) is 39.6 Å². The molecule has 3 aromatic carbocycles. The number of carboxylic acid groups (broad SMARTS) is 6. The van der Waals surface area contributed by atoms with E-state index in [0.717, 1.165) is 73.5 Å². The van der Waals surface area contributed by atoms with Crippen molar-refractivity contribution in [2.45, 2.75) is 77.2 Å². The Balaban J connectivity index is 0.000000785. The number of aromatic hydroxyl groups is 1. The molecule has 4 rings (SSSR count). The van der Waals surface area contributed by atoms with E-state index in [1.54, 1.807) is 0 Å². The van der Waals surface area contributed by atoms with Gasteiger partial charge in [0, 0.05) is 98.5 Å². The highest BCUT2D eigenvalue weighted by Gasteiger charge is 2.27. The maximum absolute atomic E-state index is 13.6. The number of benzene rings is 3. The van der Waals surface area contributed by atoms with Crippen LogP contribution in [0.2, 0.25) is 0 Å². The van der Waals surface area contributed by atoms with Crippen LogP contribution in [0.1, 0.15) is 82.6 Å². The maximum Gasteiger partial charge on any atom is 0.328 e. The van der Waals surface area contributed by atoms with Crippen molar-refractivity contribution in [3.63, 3.8) is 0 Å². The first-order valence-corrected chi connectivity index (χ1v) is 21.3. The van der Waals surface area contributed by atoms with Gasteiger partial charge in [0.2, 0.25) is 0 Å². The number of halogens is 2. The van der Waals surface area contributed by atoms with Gasteiger partial charge in [0.15, 0.2) is 0 Å². The highest BCUT2D eigenvalue weighted by atomic mass is 19.1. The highest BCUT2D eigenvalue weighted by Crippen LogP contribution is 2.41. The van der Waals surface area contributed by atoms with Crippen molar-refractivity contribution in [3.8, 4) is 5.75 Å². The summed E-state index contributed by atoms with van der Waals surface area (Å²) in [5, 5.41) is 72.2. The second kappa shape index (κ2) is 28.9. The van der Waals surface area contributed by atoms with E-state index in [9.17, 15) is 47.8 Å². The Hall–Kier alpha value is -6.96. The van der Waals surface area contributed by atoms with E-state index in [4.69, 9.17) is 30.6 Å². The van der Waals surface area contributed by atoms with E-state index in [0.29, 0.717) is 55.3 Å². The first-order valence-electron chi connectivity index (χ1n) is 21.3. The van der Waals surface area contributed by atoms with Crippen molar-refractivity contribution in [2.75, 3.05) is 51.1 Å². The fourth-order valence-corrected chi connectivity index (χ4v) is 6.54. The van der Waals surface area contributed by atoms with Crippen LogP contribution in [0.3, 0.4) is 0 Å². The molecule has 9 N–H and O–H groups in total. The topological polar surface area (TPSA) is 283 Å². The number of carboxylic acids is 6. The van der Waals surface area contributed by atoms with Crippen molar-refractivity contribution in [2.24, 2.45) is 0 Å². The normalized spacial score (nSPS) is 13.7. The lowest BCUT2D eigenvalue weighted by Crippen LogP contribution is -2.49. The number of rotatable bonds is 17. The third kappa shape index (κ3) is 25.1. The van der Waals surface area contributed by atoms with Gasteiger partial charge in [0.1, 0.15) is 17.4 Å². The summed E-state index contributed by atoms with van der Waals surface area (Å²) in [6, 6.07) is 17.3. The number of hydrogen-bond donors (Lipinski definition) is 9. The number of aliphatic carboxylic acids is 6. The van der Waals surface area contributed by atoms with Crippen molar-refractivity contribution in [1.29, 1.82) is 0 Å². The largest absolute Gasteiger partial charge is 0.507 e. The number of phenols is 1. The van der Waals surface area contributed by atoms with Crippen LogP contribution < -0.4 is 5.32 Å². The van der Waals surface area contributed by atoms with Gasteiger partial charge in [0.25, 0.3) is 0 Å². The third-order valence-corrected chi connectivity index (χ3v) is 9.82. The Morgan fingerprint density at radius 2 is 0.912 bits per heavy atom. The fraction of sp³-hybridized carbons (Fsp3) is 0.388. The van der Waals surface area contributed by atoms with Gasteiger partial charge in [-0.15, -0.1) is 0 Å². The zero-order chi connectivity index (χ0) is 51.8. The zero-order valence-electron chi connectivity index (χ0n) is 38.9. The SMILES string of the molecule is CC(C)(C)c1cc(NCC(O)CN2CCN(CCCC(c3ccc(F)cc3)c3ccc(F)cc3)CC2)cc(C(C)(C)C)c1O.O=C(O)/C=C\C(=O)O.O=C(O)/C=C\C(=O)O.O=C(O)/C=C\C(=O)O. The molecule has 3 aromatic rings. The monoisotopic (exact) mass is 955 g/mol. The highest BCUT2D eigenvalue weighted by molar-refractivity contribution is 5.90. The Bertz CT molecular complexity index is 2000. The van der Waals surface area contributed by atoms with Crippen molar-refractivity contribution < 1.29 is 78.4 Å². The summed E-state index contributed by atoms with van der Waals surface area (Å²) in [5.41, 5.74) is 4.40. The molecule has 0 saturated carbocycles. The van der Waals surface area contributed by atoms with Crippen LogP contribution in [-0.4, -0.2) is 138 Å². The molecule has 19 heteroatoms. The van der Waals surface area contributed by atoms with Gasteiger partial charge in [-0.05, 0) is 77.7 Å². The first-order chi connectivity index (χ1) is 31.6. The zero-order valence-corrected chi connectivity index (χ0v) is 38.9. The van der Waals surface area contributed by atoms with Gasteiger partial charge < -0.3 is 51.1 Å². The minimum absolute atomic E-state index is 0.0904. The molecular formula is C49H63F2N3O14. The molecule has 0 aromatic heterocycles. The molecule has 68 heavy (non-hydrogen) atoms. The molecule has 1 aliphatic heterocycles. The average molecular weight is 956 g/mol. The maximum atomic E-state index is 13.6. The minimum atomic E-state index is -1.26. The average Bonchev–Trinajstić information content (AvgIpc) is 3.24. The number of hydrogen-bond acceptors (Lipinski definition) is 11. The second-order valence-corrected chi connectivity index (χ2v) is 17.4. The number of nitrogens with one attached hydrogen (secondary N) is 1. The molecule has 0 radical (unpaired) electrons. The lowest BCUT2D eigenvalue weighted by Gasteiger charge is -2.36. The predicted molar refractivity (Wildman–Crippen MR) is 250 cm³/mol. The van der Waals surface area contributed by atoms with E-state index in [2.05, 4.69) is 56.7 Å². The fourth-order valence-electron chi connectivity index (χ4n) is 6.54. The second-order valence-electron chi connectivity index (χ2n) is 17.4. The molecule has 0 amide bonds. The molecule has 1 fully saturated rings. The lowest BCUT2D eigenvalue weighted by molar-refractivity contribution is -0.134. The Kier molecular flexibility index (Phi) is 25.1. The van der Waals surface area contributed by atoms with Gasteiger partial charge in [-0.3, -0.25) is 4.90 Å². The van der Waals surface area contributed by atoms with Crippen LogP contribution in [0.5, 0.6) is 5.75 Å². The summed E-state index contributed by atoms with van der Waals surface area (Å²) >= 11 is 0. The molecular weight excluding hydrogens is 893 g/mol. The van der Waals surface area contributed by atoms with Crippen molar-refractivity contribution in [1.82, 2.24) is 9.80 Å². The number of phenolic OH excluding ortho intramolecular Hbond substituents is 1. The Labute approximate surface area is 394 Å². The van der Waals surface area contributed by atoms with Crippen LogP contribution in [0.25, 0.3) is 0 Å². The van der Waals surface area contributed by atoms with Gasteiger partial charge >= 0.3 is 35.8 Å². The number of aliphatic hydroxyl groups excluding tert-OH is 1. The summed E-state index contributed by atoms with van der Waals surface area (Å²) in [7, 11) is 0. The predicted octanol–water partition coefficient (Wildman–Crippen LogP) is 6.40. The standard InChI is InChI=1S/C37H51F2N3O2.3C4H4O4/c1-36(2,3)33-22-30(23-34(35(33)44)37(4,5)6)40-24-31(43)25-42-20-18-41(19-21-42)17-7-8-32(26-9-13-28(38)14-10-26)27-11-15-29(39)16-12-27;3*5-3(6)1-2-4(7)8/h9-16,22-23,31-32,40,43-44H,7-8,17-21,24-25H2,1-6H3;3*1-2H,(H,5,6)(H,7,8)/b;3*2-1-. The quantitative estimate of drug-likeness (QED) is 0.0522. The van der Waals surface area contributed by atoms with Crippen LogP contribution in [0.4, 0.5) is 14.5 Å². The van der Waals surface area contributed by atoms with E-state index >= 15 is 0 Å². The van der Waals surface area contributed by atoms with Gasteiger partial charge in [-0.1, -0.05) is 65.8 Å². The number of piperazine rings is 1. The molecule has 1 saturated heterocycles. The third-order valence-electron chi connectivity index (χ3n) is 9.82. The molecule has 0 spiro atoms. The van der Waals surface area contributed by atoms with Gasteiger partial charge in [0.05, 0.1) is 6.10 Å². The number of aliphatic hydroxyl groups is 1. The number of carbonyl (C=O) groups is 6. The van der Waals surface area contributed by atoms with E-state index in [-0.39, 0.29) is 28.4 Å².